The fourth-order valence-electron chi connectivity index (χ4n) is 2.05. The van der Waals surface area contributed by atoms with Gasteiger partial charge in [-0.15, -0.1) is 0 Å². The van der Waals surface area contributed by atoms with Crippen LogP contribution in [0.2, 0.25) is 0 Å². The Bertz CT molecular complexity index is 148. The first-order valence-electron chi connectivity index (χ1n) is 4.40. The summed E-state index contributed by atoms with van der Waals surface area (Å²) in [5.74, 6) is 0. The van der Waals surface area contributed by atoms with E-state index in [1.165, 1.54) is 32.7 Å². The van der Waals surface area contributed by atoms with Gasteiger partial charge in [-0.25, -0.2) is 0 Å². The van der Waals surface area contributed by atoms with Crippen molar-refractivity contribution in [2.75, 3.05) is 46.8 Å². The van der Waals surface area contributed by atoms with Gasteiger partial charge < -0.3 is 4.90 Å². The molecule has 3 nitrogen and oxygen atoms in total. The molecule has 2 aliphatic heterocycles. The summed E-state index contributed by atoms with van der Waals surface area (Å²) < 4.78 is 0. The fourth-order valence-corrected chi connectivity index (χ4v) is 2.05. The summed E-state index contributed by atoms with van der Waals surface area (Å²) in [4.78, 5) is 7.46. The number of piperazine rings is 1. The van der Waals surface area contributed by atoms with Crippen LogP contribution in [0.5, 0.6) is 0 Å². The zero-order chi connectivity index (χ0) is 7.84. The van der Waals surface area contributed by atoms with Crippen molar-refractivity contribution in [2.24, 2.45) is 0 Å². The van der Waals surface area contributed by atoms with Crippen LogP contribution in [0, 0.1) is 0 Å². The maximum atomic E-state index is 2.58. The number of hydrogen-bond donors (Lipinski definition) is 0. The smallest absolute Gasteiger partial charge is 0.0752 e. The molecule has 0 aromatic carbocycles. The van der Waals surface area contributed by atoms with E-state index < -0.39 is 0 Å². The third kappa shape index (κ3) is 1.28. The van der Waals surface area contributed by atoms with Crippen LogP contribution in [0.4, 0.5) is 0 Å². The highest BCUT2D eigenvalue weighted by molar-refractivity contribution is 4.85. The van der Waals surface area contributed by atoms with Gasteiger partial charge in [-0.05, 0) is 14.1 Å². The topological polar surface area (TPSA) is 9.72 Å². The number of likely N-dealkylation sites (N-methyl/N-ethyl adjacent to an activating group) is 2. The number of rotatable bonds is 0. The normalized spacial score (nSPS) is 36.0. The van der Waals surface area contributed by atoms with Gasteiger partial charge in [0.05, 0.1) is 6.17 Å². The van der Waals surface area contributed by atoms with Gasteiger partial charge in [0.1, 0.15) is 0 Å². The molecule has 0 saturated carbocycles. The lowest BCUT2D eigenvalue weighted by atomic mass is 10.3. The molecule has 2 heterocycles. The van der Waals surface area contributed by atoms with Crippen molar-refractivity contribution in [1.29, 1.82) is 0 Å². The van der Waals surface area contributed by atoms with Crippen molar-refractivity contribution >= 4 is 0 Å². The highest BCUT2D eigenvalue weighted by Gasteiger charge is 2.32. The average molecular weight is 155 g/mol. The molecule has 2 saturated heterocycles. The Balaban J connectivity index is 2.01. The molecule has 0 amide bonds. The van der Waals surface area contributed by atoms with Gasteiger partial charge in [0.15, 0.2) is 0 Å². The lowest BCUT2D eigenvalue weighted by Crippen LogP contribution is -2.52. The Kier molecular flexibility index (Phi) is 1.87. The molecule has 11 heavy (non-hydrogen) atoms. The zero-order valence-electron chi connectivity index (χ0n) is 7.45. The summed E-state index contributed by atoms with van der Waals surface area (Å²) >= 11 is 0. The van der Waals surface area contributed by atoms with Gasteiger partial charge in [-0.2, -0.15) is 0 Å². The van der Waals surface area contributed by atoms with Gasteiger partial charge in [-0.3, -0.25) is 9.80 Å². The minimum atomic E-state index is 0.703. The van der Waals surface area contributed by atoms with Crippen LogP contribution < -0.4 is 0 Å². The van der Waals surface area contributed by atoms with Crippen molar-refractivity contribution in [2.45, 2.75) is 6.17 Å². The molecule has 1 atom stereocenters. The van der Waals surface area contributed by atoms with Gasteiger partial charge in [0.25, 0.3) is 0 Å². The van der Waals surface area contributed by atoms with E-state index in [0.717, 1.165) is 0 Å². The molecule has 2 aliphatic rings. The quantitative estimate of drug-likeness (QED) is 0.467. The molecule has 1 unspecified atom stereocenters. The van der Waals surface area contributed by atoms with Crippen molar-refractivity contribution in [3.63, 3.8) is 0 Å². The maximum absolute atomic E-state index is 2.58. The minimum absolute atomic E-state index is 0.703. The maximum Gasteiger partial charge on any atom is 0.0752 e. The number of hydrogen-bond acceptors (Lipinski definition) is 3. The van der Waals surface area contributed by atoms with E-state index in [4.69, 9.17) is 0 Å². The molecule has 3 heteroatoms. The molecular weight excluding hydrogens is 138 g/mol. The molecule has 0 aromatic heterocycles. The Hall–Kier alpha value is -0.120. The Morgan fingerprint density at radius 3 is 2.55 bits per heavy atom. The summed E-state index contributed by atoms with van der Waals surface area (Å²) in [7, 11) is 4.44. The van der Waals surface area contributed by atoms with Crippen molar-refractivity contribution < 1.29 is 0 Å². The van der Waals surface area contributed by atoms with Crippen molar-refractivity contribution in [3.8, 4) is 0 Å². The second-order valence-corrected chi connectivity index (χ2v) is 3.76. The van der Waals surface area contributed by atoms with E-state index in [1.54, 1.807) is 0 Å². The van der Waals surface area contributed by atoms with Gasteiger partial charge >= 0.3 is 0 Å². The Morgan fingerprint density at radius 1 is 1.00 bits per heavy atom. The van der Waals surface area contributed by atoms with Crippen LogP contribution >= 0.6 is 0 Å². The molecule has 0 radical (unpaired) electrons. The van der Waals surface area contributed by atoms with Crippen LogP contribution in [-0.2, 0) is 0 Å². The molecule has 0 aromatic rings. The van der Waals surface area contributed by atoms with E-state index >= 15 is 0 Å². The number of fused-ring (bicyclic) bond motifs is 1. The van der Waals surface area contributed by atoms with Crippen LogP contribution in [-0.4, -0.2) is 67.7 Å². The van der Waals surface area contributed by atoms with Crippen molar-refractivity contribution in [1.82, 2.24) is 14.7 Å². The predicted molar refractivity (Wildman–Crippen MR) is 45.5 cm³/mol. The zero-order valence-corrected chi connectivity index (χ0v) is 7.45. The first kappa shape index (κ1) is 7.53. The molecule has 64 valence electrons. The predicted octanol–water partition coefficient (Wildman–Crippen LogP) is -0.495. The number of nitrogens with zero attached hydrogens (tertiary/aromatic N) is 3. The van der Waals surface area contributed by atoms with Crippen molar-refractivity contribution in [3.05, 3.63) is 0 Å². The molecular formula is C8H17N3. The summed E-state index contributed by atoms with van der Waals surface area (Å²) in [5, 5.41) is 0. The van der Waals surface area contributed by atoms with E-state index in [9.17, 15) is 0 Å². The van der Waals surface area contributed by atoms with E-state index in [0.29, 0.717) is 6.17 Å². The highest BCUT2D eigenvalue weighted by Crippen LogP contribution is 2.16. The fraction of sp³-hybridized carbons (Fsp3) is 1.00. The monoisotopic (exact) mass is 155 g/mol. The summed E-state index contributed by atoms with van der Waals surface area (Å²) in [6.45, 7) is 6.24. The largest absolute Gasteiger partial charge is 0.302 e. The third-order valence-electron chi connectivity index (χ3n) is 2.91. The lowest BCUT2D eigenvalue weighted by molar-refractivity contribution is 0.0650. The van der Waals surface area contributed by atoms with Crippen LogP contribution in [0.25, 0.3) is 0 Å². The minimum Gasteiger partial charge on any atom is -0.302 e. The van der Waals surface area contributed by atoms with E-state index in [-0.39, 0.29) is 0 Å². The van der Waals surface area contributed by atoms with Crippen LogP contribution in [0.1, 0.15) is 0 Å². The first-order chi connectivity index (χ1) is 5.27. The van der Waals surface area contributed by atoms with Crippen LogP contribution in [0.3, 0.4) is 0 Å². The highest BCUT2D eigenvalue weighted by atomic mass is 15.4. The molecule has 0 N–H and O–H groups in total. The van der Waals surface area contributed by atoms with E-state index in [1.807, 2.05) is 0 Å². The summed E-state index contributed by atoms with van der Waals surface area (Å²) in [6.07, 6.45) is 0.703. The average Bonchev–Trinajstić information content (AvgIpc) is 2.33. The molecule has 2 rings (SSSR count). The second kappa shape index (κ2) is 2.73. The Morgan fingerprint density at radius 2 is 1.73 bits per heavy atom. The standard InChI is InChI=1S/C8H17N3/c1-9-3-5-11-6-4-10(2)8(11)7-9/h8H,3-7H2,1-2H3. The van der Waals surface area contributed by atoms with Gasteiger partial charge in [0.2, 0.25) is 0 Å². The SMILES string of the molecule is CN1CCN2CCN(C)C2C1. The van der Waals surface area contributed by atoms with Gasteiger partial charge in [0, 0.05) is 32.7 Å². The second-order valence-electron chi connectivity index (χ2n) is 3.76. The first-order valence-corrected chi connectivity index (χ1v) is 4.40. The van der Waals surface area contributed by atoms with Crippen LogP contribution in [0.15, 0.2) is 0 Å². The molecule has 0 bridgehead atoms. The van der Waals surface area contributed by atoms with Gasteiger partial charge in [-0.1, -0.05) is 0 Å². The summed E-state index contributed by atoms with van der Waals surface area (Å²) in [5.41, 5.74) is 0. The molecule has 0 aliphatic carbocycles. The lowest BCUT2D eigenvalue weighted by Gasteiger charge is -2.37. The molecule has 0 spiro atoms. The summed E-state index contributed by atoms with van der Waals surface area (Å²) in [6, 6.07) is 0. The van der Waals surface area contributed by atoms with E-state index in [2.05, 4.69) is 28.8 Å². The molecule has 2 fully saturated rings. The Labute approximate surface area is 68.6 Å². The third-order valence-corrected chi connectivity index (χ3v) is 2.91.